The van der Waals surface area contributed by atoms with E-state index in [1.54, 1.807) is 0 Å². The van der Waals surface area contributed by atoms with Gasteiger partial charge in [0.1, 0.15) is 11.0 Å². The molecule has 80 valence electrons. The van der Waals surface area contributed by atoms with Crippen LogP contribution in [-0.4, -0.2) is 25.5 Å². The molecule has 1 atom stereocenters. The number of rotatable bonds is 0. The molecule has 2 aromatic heterocycles. The van der Waals surface area contributed by atoms with Gasteiger partial charge in [0.05, 0.1) is 12.2 Å². The van der Waals surface area contributed by atoms with E-state index in [2.05, 4.69) is 20.2 Å². The fraction of sp³-hybridized carbons (Fsp3) is 0.400. The van der Waals surface area contributed by atoms with Crippen LogP contribution in [0.3, 0.4) is 0 Å². The molecule has 0 saturated heterocycles. The van der Waals surface area contributed by atoms with Crippen molar-refractivity contribution in [3.8, 4) is 0 Å². The van der Waals surface area contributed by atoms with Gasteiger partial charge in [-0.2, -0.15) is 10.1 Å². The molecule has 1 N–H and O–H groups in total. The predicted octanol–water partition coefficient (Wildman–Crippen LogP) is 0.931. The van der Waals surface area contributed by atoms with Crippen LogP contribution < -0.4 is 5.56 Å². The Labute approximate surface area is 90.0 Å². The van der Waals surface area contributed by atoms with Gasteiger partial charge in [0, 0.05) is 5.71 Å². The van der Waals surface area contributed by atoms with Crippen LogP contribution in [0.2, 0.25) is 0 Å². The molecular formula is C10H9N5O. The van der Waals surface area contributed by atoms with Crippen molar-refractivity contribution in [3.63, 3.8) is 0 Å². The standard InChI is InChI=1S/C10H9N5O/c16-9-5-4-11-14-8(5)15-7-3-1-2-6(7)12-10(15)13-9/h4,7H,1-3H2,(H,11,14). The molecule has 2 aliphatic rings. The minimum atomic E-state index is -0.251. The molecular weight excluding hydrogens is 206 g/mol. The molecule has 0 radical (unpaired) electrons. The Morgan fingerprint density at radius 2 is 2.44 bits per heavy atom. The van der Waals surface area contributed by atoms with Gasteiger partial charge in [0.15, 0.2) is 0 Å². The predicted molar refractivity (Wildman–Crippen MR) is 58.1 cm³/mol. The number of hydrogen-bond donors (Lipinski definition) is 1. The van der Waals surface area contributed by atoms with Crippen LogP contribution in [0, 0.1) is 0 Å². The average Bonchev–Trinajstić information content (AvgIpc) is 2.87. The van der Waals surface area contributed by atoms with Crippen molar-refractivity contribution in [3.05, 3.63) is 16.6 Å². The van der Waals surface area contributed by atoms with Gasteiger partial charge in [-0.25, -0.2) is 4.99 Å². The topological polar surface area (TPSA) is 75.9 Å². The third-order valence-corrected chi connectivity index (χ3v) is 3.36. The zero-order valence-electron chi connectivity index (χ0n) is 8.47. The first-order valence-electron chi connectivity index (χ1n) is 5.37. The van der Waals surface area contributed by atoms with Crippen LogP contribution >= 0.6 is 0 Å². The fourth-order valence-electron chi connectivity index (χ4n) is 2.65. The largest absolute Gasteiger partial charge is 0.286 e. The summed E-state index contributed by atoms with van der Waals surface area (Å²) >= 11 is 0. The molecule has 1 fully saturated rings. The van der Waals surface area contributed by atoms with Gasteiger partial charge in [0.2, 0.25) is 5.95 Å². The molecule has 4 rings (SSSR count). The van der Waals surface area contributed by atoms with Gasteiger partial charge in [-0.05, 0) is 19.3 Å². The Kier molecular flexibility index (Phi) is 1.32. The summed E-state index contributed by atoms with van der Waals surface area (Å²) in [5.41, 5.74) is 1.65. The molecule has 1 aliphatic heterocycles. The molecule has 1 aliphatic carbocycles. The van der Waals surface area contributed by atoms with Crippen molar-refractivity contribution in [2.75, 3.05) is 0 Å². The molecule has 0 amide bonds. The van der Waals surface area contributed by atoms with E-state index < -0.39 is 0 Å². The molecule has 0 aromatic carbocycles. The van der Waals surface area contributed by atoms with Crippen molar-refractivity contribution < 1.29 is 0 Å². The smallest absolute Gasteiger partial charge is 0.285 e. The van der Waals surface area contributed by atoms with Crippen molar-refractivity contribution in [1.29, 1.82) is 0 Å². The Hall–Kier alpha value is -1.98. The lowest BCUT2D eigenvalue weighted by molar-refractivity contribution is 0.640. The lowest BCUT2D eigenvalue weighted by Gasteiger charge is -2.10. The maximum atomic E-state index is 11.7. The molecule has 0 spiro atoms. The molecule has 0 bridgehead atoms. The molecule has 1 saturated carbocycles. The summed E-state index contributed by atoms with van der Waals surface area (Å²) in [6.07, 6.45) is 4.78. The SMILES string of the molecule is O=c1nc2n(c3[nH]ncc13)C1CCCC1=N2. The van der Waals surface area contributed by atoms with E-state index >= 15 is 0 Å². The lowest BCUT2D eigenvalue weighted by atomic mass is 10.2. The van der Waals surface area contributed by atoms with Crippen LogP contribution in [0.5, 0.6) is 0 Å². The second-order valence-corrected chi connectivity index (χ2v) is 4.23. The Morgan fingerprint density at radius 1 is 1.50 bits per heavy atom. The zero-order valence-corrected chi connectivity index (χ0v) is 8.47. The zero-order chi connectivity index (χ0) is 10.7. The number of aromatic nitrogens is 4. The van der Waals surface area contributed by atoms with Crippen molar-refractivity contribution in [1.82, 2.24) is 19.7 Å². The van der Waals surface area contributed by atoms with Crippen LogP contribution in [0.1, 0.15) is 25.3 Å². The van der Waals surface area contributed by atoms with E-state index in [1.807, 2.05) is 4.57 Å². The highest BCUT2D eigenvalue weighted by Gasteiger charge is 2.33. The molecule has 6 heteroatoms. The van der Waals surface area contributed by atoms with E-state index in [4.69, 9.17) is 0 Å². The summed E-state index contributed by atoms with van der Waals surface area (Å²) in [6, 6.07) is 0.283. The van der Waals surface area contributed by atoms with Gasteiger partial charge < -0.3 is 0 Å². The number of aliphatic imine (C=N–C) groups is 1. The maximum Gasteiger partial charge on any atom is 0.285 e. The van der Waals surface area contributed by atoms with Crippen LogP contribution in [0.15, 0.2) is 16.0 Å². The average molecular weight is 215 g/mol. The quantitative estimate of drug-likeness (QED) is 0.710. The third-order valence-electron chi connectivity index (χ3n) is 3.36. The second-order valence-electron chi connectivity index (χ2n) is 4.23. The highest BCUT2D eigenvalue weighted by Crippen LogP contribution is 2.37. The molecule has 16 heavy (non-hydrogen) atoms. The molecule has 2 aromatic rings. The second kappa shape index (κ2) is 2.58. The van der Waals surface area contributed by atoms with Crippen molar-refractivity contribution >= 4 is 22.7 Å². The number of nitrogens with one attached hydrogen (secondary N) is 1. The highest BCUT2D eigenvalue weighted by molar-refractivity contribution is 5.96. The normalized spacial score (nSPS) is 22.2. The van der Waals surface area contributed by atoms with Crippen LogP contribution in [0.25, 0.3) is 11.0 Å². The van der Waals surface area contributed by atoms with Gasteiger partial charge in [0.25, 0.3) is 5.56 Å². The summed E-state index contributed by atoms with van der Waals surface area (Å²) in [4.78, 5) is 20.1. The van der Waals surface area contributed by atoms with Crippen molar-refractivity contribution in [2.24, 2.45) is 4.99 Å². The van der Waals surface area contributed by atoms with Gasteiger partial charge in [-0.15, -0.1) is 0 Å². The third kappa shape index (κ3) is 0.827. The minimum absolute atomic E-state index is 0.251. The summed E-state index contributed by atoms with van der Waals surface area (Å²) in [5.74, 6) is 0.529. The first-order chi connectivity index (χ1) is 7.84. The number of nitrogens with zero attached hydrogens (tertiary/aromatic N) is 4. The number of H-pyrrole nitrogens is 1. The summed E-state index contributed by atoms with van der Waals surface area (Å²) in [5, 5.41) is 7.34. The van der Waals surface area contributed by atoms with Gasteiger partial charge >= 0.3 is 0 Å². The van der Waals surface area contributed by atoms with E-state index in [1.165, 1.54) is 6.20 Å². The Balaban J connectivity index is 2.14. The molecule has 6 nitrogen and oxygen atoms in total. The first-order valence-corrected chi connectivity index (χ1v) is 5.37. The van der Waals surface area contributed by atoms with E-state index in [-0.39, 0.29) is 11.6 Å². The number of fused-ring (bicyclic) bond motifs is 5. The fourth-order valence-corrected chi connectivity index (χ4v) is 2.65. The first kappa shape index (κ1) is 8.20. The Bertz CT molecular complexity index is 680. The monoisotopic (exact) mass is 215 g/mol. The minimum Gasteiger partial charge on any atom is -0.286 e. The van der Waals surface area contributed by atoms with Crippen LogP contribution in [0.4, 0.5) is 5.95 Å². The summed E-state index contributed by atoms with van der Waals surface area (Å²) in [6.45, 7) is 0. The van der Waals surface area contributed by atoms with Crippen molar-refractivity contribution in [2.45, 2.75) is 25.3 Å². The maximum absolute atomic E-state index is 11.7. The molecule has 1 unspecified atom stereocenters. The lowest BCUT2D eigenvalue weighted by Crippen LogP contribution is -2.14. The number of hydrogen-bond acceptors (Lipinski definition) is 4. The Morgan fingerprint density at radius 3 is 3.38 bits per heavy atom. The summed E-state index contributed by atoms with van der Waals surface area (Å²) in [7, 11) is 0. The van der Waals surface area contributed by atoms with E-state index in [0.29, 0.717) is 11.3 Å². The molecule has 3 heterocycles. The highest BCUT2D eigenvalue weighted by atomic mass is 16.1. The van der Waals surface area contributed by atoms with E-state index in [9.17, 15) is 4.79 Å². The van der Waals surface area contributed by atoms with Gasteiger partial charge in [-0.1, -0.05) is 0 Å². The number of aromatic amines is 1. The van der Waals surface area contributed by atoms with E-state index in [0.717, 1.165) is 30.6 Å². The van der Waals surface area contributed by atoms with Gasteiger partial charge in [-0.3, -0.25) is 14.5 Å². The van der Waals surface area contributed by atoms with Crippen LogP contribution in [-0.2, 0) is 0 Å². The summed E-state index contributed by atoms with van der Waals surface area (Å²) < 4.78 is 2.01.